The number of rotatable bonds is 7. The zero-order chi connectivity index (χ0) is 14.4. The zero-order valence-electron chi connectivity index (χ0n) is 12.9. The summed E-state index contributed by atoms with van der Waals surface area (Å²) in [6.07, 6.45) is 3.42. The Morgan fingerprint density at radius 2 is 2.15 bits per heavy atom. The van der Waals surface area contributed by atoms with Crippen LogP contribution in [0.25, 0.3) is 0 Å². The Labute approximate surface area is 122 Å². The Balaban J connectivity index is 2.33. The van der Waals surface area contributed by atoms with E-state index in [0.29, 0.717) is 0 Å². The highest BCUT2D eigenvalue weighted by atomic mass is 16.5. The number of para-hydroxylation sites is 1. The fourth-order valence-electron chi connectivity index (χ4n) is 2.98. The van der Waals surface area contributed by atoms with E-state index in [4.69, 9.17) is 9.47 Å². The molecule has 2 unspecified atom stereocenters. The summed E-state index contributed by atoms with van der Waals surface area (Å²) in [7, 11) is 0. The summed E-state index contributed by atoms with van der Waals surface area (Å²) in [6.45, 7) is 8.88. The first-order valence-electron chi connectivity index (χ1n) is 7.91. The van der Waals surface area contributed by atoms with Crippen molar-refractivity contribution in [2.45, 2.75) is 52.2 Å². The van der Waals surface area contributed by atoms with E-state index >= 15 is 0 Å². The maximum absolute atomic E-state index is 5.96. The second kappa shape index (κ2) is 7.65. The summed E-state index contributed by atoms with van der Waals surface area (Å²) < 4.78 is 11.9. The predicted molar refractivity (Wildman–Crippen MR) is 82.4 cm³/mol. The number of hydrogen-bond acceptors (Lipinski definition) is 3. The molecule has 0 fully saturated rings. The molecule has 0 saturated carbocycles. The number of hydrogen-bond donors (Lipinski definition) is 1. The summed E-state index contributed by atoms with van der Waals surface area (Å²) >= 11 is 0. The minimum Gasteiger partial charge on any atom is -0.493 e. The van der Waals surface area contributed by atoms with E-state index in [-0.39, 0.29) is 12.1 Å². The van der Waals surface area contributed by atoms with E-state index in [1.165, 1.54) is 11.1 Å². The maximum Gasteiger partial charge on any atom is 0.127 e. The second-order valence-corrected chi connectivity index (χ2v) is 5.22. The second-order valence-electron chi connectivity index (χ2n) is 5.22. The molecule has 112 valence electrons. The summed E-state index contributed by atoms with van der Waals surface area (Å²) in [5.74, 6) is 1.09. The molecule has 1 N–H and O–H groups in total. The molecular formula is C17H27NO2. The molecule has 1 aromatic rings. The molecule has 0 amide bonds. The normalized spacial score (nSPS) is 17.1. The lowest BCUT2D eigenvalue weighted by atomic mass is 9.94. The van der Waals surface area contributed by atoms with E-state index in [0.717, 1.165) is 44.8 Å². The molecule has 0 aliphatic carbocycles. The van der Waals surface area contributed by atoms with Crippen LogP contribution < -0.4 is 10.1 Å². The first-order chi connectivity index (χ1) is 9.81. The van der Waals surface area contributed by atoms with Crippen LogP contribution in [0.2, 0.25) is 0 Å². The van der Waals surface area contributed by atoms with Crippen molar-refractivity contribution in [2.75, 3.05) is 19.8 Å². The number of ether oxygens (including phenoxy) is 2. The smallest absolute Gasteiger partial charge is 0.127 e. The topological polar surface area (TPSA) is 30.5 Å². The van der Waals surface area contributed by atoms with Crippen molar-refractivity contribution >= 4 is 0 Å². The molecule has 0 saturated heterocycles. The van der Waals surface area contributed by atoms with Crippen molar-refractivity contribution in [2.24, 2.45) is 0 Å². The van der Waals surface area contributed by atoms with E-state index < -0.39 is 0 Å². The Morgan fingerprint density at radius 1 is 1.30 bits per heavy atom. The summed E-state index contributed by atoms with van der Waals surface area (Å²) in [4.78, 5) is 0. The molecule has 0 radical (unpaired) electrons. The van der Waals surface area contributed by atoms with Gasteiger partial charge in [0.1, 0.15) is 5.75 Å². The third-order valence-corrected chi connectivity index (χ3v) is 3.88. The fraction of sp³-hybridized carbons (Fsp3) is 0.647. The van der Waals surface area contributed by atoms with Crippen LogP contribution >= 0.6 is 0 Å². The van der Waals surface area contributed by atoms with Crippen LogP contribution in [0.1, 0.15) is 50.8 Å². The van der Waals surface area contributed by atoms with Crippen LogP contribution in [0.4, 0.5) is 0 Å². The monoisotopic (exact) mass is 277 g/mol. The number of benzene rings is 1. The van der Waals surface area contributed by atoms with Gasteiger partial charge >= 0.3 is 0 Å². The van der Waals surface area contributed by atoms with Gasteiger partial charge in [-0.05, 0) is 38.3 Å². The van der Waals surface area contributed by atoms with Crippen LogP contribution in [0, 0.1) is 0 Å². The Hall–Kier alpha value is -1.06. The van der Waals surface area contributed by atoms with Crippen molar-refractivity contribution < 1.29 is 9.47 Å². The van der Waals surface area contributed by atoms with Gasteiger partial charge in [0.25, 0.3) is 0 Å². The Bertz CT molecular complexity index is 419. The minimum absolute atomic E-state index is 0.192. The number of aryl methyl sites for hydroxylation is 1. The summed E-state index contributed by atoms with van der Waals surface area (Å²) in [5, 5.41) is 3.58. The Kier molecular flexibility index (Phi) is 5.86. The van der Waals surface area contributed by atoms with Gasteiger partial charge in [0.05, 0.1) is 18.8 Å². The van der Waals surface area contributed by atoms with Crippen LogP contribution in [0.15, 0.2) is 18.2 Å². The number of nitrogens with one attached hydrogen (secondary N) is 1. The lowest BCUT2D eigenvalue weighted by Crippen LogP contribution is -2.34. The first kappa shape index (κ1) is 15.3. The minimum atomic E-state index is 0.192. The van der Waals surface area contributed by atoms with Crippen molar-refractivity contribution in [3.8, 4) is 5.75 Å². The van der Waals surface area contributed by atoms with E-state index in [1.54, 1.807) is 0 Å². The molecule has 2 rings (SSSR count). The van der Waals surface area contributed by atoms with Gasteiger partial charge in [0, 0.05) is 12.2 Å². The van der Waals surface area contributed by atoms with Gasteiger partial charge in [-0.2, -0.15) is 0 Å². The van der Waals surface area contributed by atoms with Gasteiger partial charge in [-0.1, -0.05) is 32.0 Å². The van der Waals surface area contributed by atoms with E-state index in [9.17, 15) is 0 Å². The summed E-state index contributed by atoms with van der Waals surface area (Å²) in [6, 6.07) is 6.71. The van der Waals surface area contributed by atoms with Gasteiger partial charge in [-0.3, -0.25) is 0 Å². The third kappa shape index (κ3) is 3.33. The summed E-state index contributed by atoms with van der Waals surface area (Å²) in [5.41, 5.74) is 2.59. The van der Waals surface area contributed by atoms with E-state index in [1.807, 2.05) is 0 Å². The van der Waals surface area contributed by atoms with Gasteiger partial charge < -0.3 is 14.8 Å². The first-order valence-corrected chi connectivity index (χ1v) is 7.91. The maximum atomic E-state index is 5.96. The predicted octanol–water partition coefficient (Wildman–Crippen LogP) is 3.48. The van der Waals surface area contributed by atoms with E-state index in [2.05, 4.69) is 44.3 Å². The van der Waals surface area contributed by atoms with Crippen LogP contribution in [0.3, 0.4) is 0 Å². The number of likely N-dealkylation sites (N-methyl/N-ethyl adjacent to an activating group) is 1. The molecule has 0 aromatic heterocycles. The molecule has 1 aromatic carbocycles. The molecule has 1 heterocycles. The highest BCUT2D eigenvalue weighted by Gasteiger charge is 2.26. The SMILES string of the molecule is CCNC(c1cccc2c1OCCC2)C(CC)OCC. The number of fused-ring (bicyclic) bond motifs is 1. The van der Waals surface area contributed by atoms with Gasteiger partial charge in [-0.15, -0.1) is 0 Å². The van der Waals surface area contributed by atoms with Crippen molar-refractivity contribution in [1.82, 2.24) is 5.32 Å². The molecule has 3 nitrogen and oxygen atoms in total. The van der Waals surface area contributed by atoms with Crippen LogP contribution in [-0.2, 0) is 11.2 Å². The molecule has 0 spiro atoms. The average molecular weight is 277 g/mol. The molecule has 1 aliphatic rings. The van der Waals surface area contributed by atoms with Gasteiger partial charge in [0.2, 0.25) is 0 Å². The fourth-order valence-corrected chi connectivity index (χ4v) is 2.98. The largest absolute Gasteiger partial charge is 0.493 e. The van der Waals surface area contributed by atoms with Crippen LogP contribution in [0.5, 0.6) is 5.75 Å². The molecule has 20 heavy (non-hydrogen) atoms. The van der Waals surface area contributed by atoms with Crippen molar-refractivity contribution in [1.29, 1.82) is 0 Å². The molecular weight excluding hydrogens is 250 g/mol. The molecule has 3 heteroatoms. The zero-order valence-corrected chi connectivity index (χ0v) is 12.9. The van der Waals surface area contributed by atoms with Gasteiger partial charge in [-0.25, -0.2) is 0 Å². The molecule has 1 aliphatic heterocycles. The lowest BCUT2D eigenvalue weighted by molar-refractivity contribution is 0.0309. The quantitative estimate of drug-likeness (QED) is 0.827. The van der Waals surface area contributed by atoms with Crippen molar-refractivity contribution in [3.63, 3.8) is 0 Å². The Morgan fingerprint density at radius 3 is 2.85 bits per heavy atom. The molecule has 0 bridgehead atoms. The van der Waals surface area contributed by atoms with Gasteiger partial charge in [0.15, 0.2) is 0 Å². The standard InChI is InChI=1S/C17H27NO2/c1-4-15(19-6-3)16(18-5-2)14-11-7-9-13-10-8-12-20-17(13)14/h7,9,11,15-16,18H,4-6,8,10,12H2,1-3H3. The highest BCUT2D eigenvalue weighted by molar-refractivity contribution is 5.45. The van der Waals surface area contributed by atoms with Crippen molar-refractivity contribution in [3.05, 3.63) is 29.3 Å². The lowest BCUT2D eigenvalue weighted by Gasteiger charge is -2.30. The third-order valence-electron chi connectivity index (χ3n) is 3.88. The van der Waals surface area contributed by atoms with Crippen LogP contribution in [-0.4, -0.2) is 25.9 Å². The molecule has 2 atom stereocenters. The average Bonchev–Trinajstić information content (AvgIpc) is 2.50. The highest BCUT2D eigenvalue weighted by Crippen LogP contribution is 2.35.